The fraction of sp³-hybridized carbons (Fsp3) is 0.857. The van der Waals surface area contributed by atoms with Gasteiger partial charge in [0.15, 0.2) is 5.11 Å². The smallest absolute Gasteiger partial charge is 0.166 e. The van der Waals surface area contributed by atoms with Crippen molar-refractivity contribution in [3.8, 4) is 0 Å². The Morgan fingerprint density at radius 2 is 2.33 bits per heavy atom. The van der Waals surface area contributed by atoms with Gasteiger partial charge < -0.3 is 20.1 Å². The van der Waals surface area contributed by atoms with Crippen LogP contribution in [0.15, 0.2) is 0 Å². The molecule has 0 radical (unpaired) electrons. The first kappa shape index (κ1) is 9.70. The van der Waals surface area contributed by atoms with Gasteiger partial charge in [-0.15, -0.1) is 0 Å². The lowest BCUT2D eigenvalue weighted by Gasteiger charge is -2.18. The van der Waals surface area contributed by atoms with Crippen molar-refractivity contribution in [3.05, 3.63) is 0 Å². The Morgan fingerprint density at radius 3 is 2.92 bits per heavy atom. The lowest BCUT2D eigenvalue weighted by Crippen LogP contribution is -2.46. The summed E-state index contributed by atoms with van der Waals surface area (Å²) in [5.41, 5.74) is 0. The van der Waals surface area contributed by atoms with Gasteiger partial charge in [0.1, 0.15) is 6.10 Å². The first-order valence-electron chi connectivity index (χ1n) is 3.86. The van der Waals surface area contributed by atoms with Gasteiger partial charge in [-0.1, -0.05) is 0 Å². The summed E-state index contributed by atoms with van der Waals surface area (Å²) >= 11 is 4.96. The third kappa shape index (κ3) is 2.30. The second kappa shape index (κ2) is 4.59. The van der Waals surface area contributed by atoms with Gasteiger partial charge in [-0.05, 0) is 12.2 Å². The zero-order valence-corrected chi connectivity index (χ0v) is 8.11. The summed E-state index contributed by atoms with van der Waals surface area (Å²) in [4.78, 5) is 0. The molecule has 4 nitrogen and oxygen atoms in total. The van der Waals surface area contributed by atoms with Crippen molar-refractivity contribution in [3.63, 3.8) is 0 Å². The molecule has 1 aliphatic heterocycles. The number of hydrogen-bond donors (Lipinski definition) is 2. The standard InChI is InChI=1S/C7H14N2O2S/c1-8-7(12)9-5-3-11-4-6(5)10-2/h5-6H,3-4H2,1-2H3,(H2,8,9,12)/t5-,6-/m0/s1. The number of rotatable bonds is 2. The van der Waals surface area contributed by atoms with Crippen LogP contribution in [0.25, 0.3) is 0 Å². The average molecular weight is 190 g/mol. The van der Waals surface area contributed by atoms with Crippen LogP contribution in [0, 0.1) is 0 Å². The predicted molar refractivity (Wildman–Crippen MR) is 50.2 cm³/mol. The van der Waals surface area contributed by atoms with E-state index in [1.165, 1.54) is 0 Å². The van der Waals surface area contributed by atoms with Crippen molar-refractivity contribution < 1.29 is 9.47 Å². The van der Waals surface area contributed by atoms with Gasteiger partial charge in [0.05, 0.1) is 19.3 Å². The average Bonchev–Trinajstić information content (AvgIpc) is 2.51. The maximum Gasteiger partial charge on any atom is 0.166 e. The summed E-state index contributed by atoms with van der Waals surface area (Å²) in [6.07, 6.45) is 0.108. The van der Waals surface area contributed by atoms with Crippen molar-refractivity contribution in [2.45, 2.75) is 12.1 Å². The van der Waals surface area contributed by atoms with Crippen LogP contribution in [-0.2, 0) is 9.47 Å². The van der Waals surface area contributed by atoms with Crippen LogP contribution < -0.4 is 10.6 Å². The molecule has 0 aromatic rings. The van der Waals surface area contributed by atoms with E-state index in [1.807, 2.05) is 0 Å². The number of hydrogen-bond acceptors (Lipinski definition) is 3. The fourth-order valence-corrected chi connectivity index (χ4v) is 1.29. The van der Waals surface area contributed by atoms with Crippen LogP contribution in [0.5, 0.6) is 0 Å². The Bertz CT molecular complexity index is 165. The molecule has 0 saturated carbocycles. The van der Waals surface area contributed by atoms with Gasteiger partial charge in [0, 0.05) is 14.2 Å². The third-order valence-electron chi connectivity index (χ3n) is 1.87. The lowest BCUT2D eigenvalue weighted by molar-refractivity contribution is 0.0757. The van der Waals surface area contributed by atoms with Crippen molar-refractivity contribution in [2.24, 2.45) is 0 Å². The van der Waals surface area contributed by atoms with E-state index >= 15 is 0 Å². The number of thiocarbonyl (C=S) groups is 1. The van der Waals surface area contributed by atoms with Gasteiger partial charge in [0.25, 0.3) is 0 Å². The first-order chi connectivity index (χ1) is 5.77. The SMILES string of the molecule is CNC(=S)N[C@H]1COC[C@@H]1OC. The highest BCUT2D eigenvalue weighted by Gasteiger charge is 2.28. The van der Waals surface area contributed by atoms with Crippen LogP contribution in [0.2, 0.25) is 0 Å². The molecule has 0 aliphatic carbocycles. The summed E-state index contributed by atoms with van der Waals surface area (Å²) in [5.74, 6) is 0. The van der Waals surface area contributed by atoms with Gasteiger partial charge in [-0.2, -0.15) is 0 Å². The van der Waals surface area contributed by atoms with E-state index in [9.17, 15) is 0 Å². The molecule has 0 bridgehead atoms. The molecular formula is C7H14N2O2S. The molecule has 0 aromatic carbocycles. The number of methoxy groups -OCH3 is 1. The van der Waals surface area contributed by atoms with Crippen molar-refractivity contribution in [1.82, 2.24) is 10.6 Å². The maximum absolute atomic E-state index is 5.23. The highest BCUT2D eigenvalue weighted by molar-refractivity contribution is 7.80. The molecule has 2 atom stereocenters. The van der Waals surface area contributed by atoms with E-state index in [0.717, 1.165) is 0 Å². The zero-order chi connectivity index (χ0) is 8.97. The highest BCUT2D eigenvalue weighted by atomic mass is 32.1. The topological polar surface area (TPSA) is 42.5 Å². The quantitative estimate of drug-likeness (QED) is 0.574. The van der Waals surface area contributed by atoms with Crippen LogP contribution in [-0.4, -0.2) is 44.6 Å². The molecule has 1 rings (SSSR count). The van der Waals surface area contributed by atoms with Crippen molar-refractivity contribution in [2.75, 3.05) is 27.4 Å². The minimum Gasteiger partial charge on any atom is -0.377 e. The highest BCUT2D eigenvalue weighted by Crippen LogP contribution is 2.08. The summed E-state index contributed by atoms with van der Waals surface area (Å²) in [6.45, 7) is 1.29. The van der Waals surface area contributed by atoms with Gasteiger partial charge in [-0.3, -0.25) is 0 Å². The Hall–Kier alpha value is -0.390. The van der Waals surface area contributed by atoms with E-state index in [-0.39, 0.29) is 12.1 Å². The molecular weight excluding hydrogens is 176 g/mol. The fourth-order valence-electron chi connectivity index (χ4n) is 1.14. The molecule has 1 saturated heterocycles. The molecule has 5 heteroatoms. The Balaban J connectivity index is 2.35. The van der Waals surface area contributed by atoms with Crippen LogP contribution in [0.4, 0.5) is 0 Å². The monoisotopic (exact) mass is 190 g/mol. The number of ether oxygens (including phenoxy) is 2. The molecule has 70 valence electrons. The molecule has 0 unspecified atom stereocenters. The summed E-state index contributed by atoms with van der Waals surface area (Å²) in [5, 5.41) is 6.58. The van der Waals surface area contributed by atoms with Gasteiger partial charge in [0.2, 0.25) is 0 Å². The Kier molecular flexibility index (Phi) is 3.71. The summed E-state index contributed by atoms with van der Waals surface area (Å²) in [6, 6.07) is 0.176. The van der Waals surface area contributed by atoms with E-state index < -0.39 is 0 Å². The summed E-state index contributed by atoms with van der Waals surface area (Å²) < 4.78 is 10.4. The van der Waals surface area contributed by atoms with E-state index in [4.69, 9.17) is 21.7 Å². The predicted octanol–water partition coefficient (Wildman–Crippen LogP) is -0.506. The second-order valence-corrected chi connectivity index (χ2v) is 3.05. The lowest BCUT2D eigenvalue weighted by atomic mass is 10.2. The first-order valence-corrected chi connectivity index (χ1v) is 4.27. The molecule has 12 heavy (non-hydrogen) atoms. The van der Waals surface area contributed by atoms with Gasteiger partial charge >= 0.3 is 0 Å². The van der Waals surface area contributed by atoms with Crippen molar-refractivity contribution >= 4 is 17.3 Å². The Labute approximate surface area is 77.6 Å². The molecule has 0 spiro atoms. The minimum atomic E-state index is 0.108. The third-order valence-corrected chi connectivity index (χ3v) is 2.20. The molecule has 0 aromatic heterocycles. The molecule has 1 aliphatic rings. The second-order valence-electron chi connectivity index (χ2n) is 2.64. The van der Waals surface area contributed by atoms with E-state index in [0.29, 0.717) is 18.3 Å². The molecule has 1 fully saturated rings. The molecule has 0 amide bonds. The van der Waals surface area contributed by atoms with E-state index in [1.54, 1.807) is 14.2 Å². The summed E-state index contributed by atoms with van der Waals surface area (Å²) in [7, 11) is 3.46. The van der Waals surface area contributed by atoms with Crippen molar-refractivity contribution in [1.29, 1.82) is 0 Å². The molecule has 1 heterocycles. The minimum absolute atomic E-state index is 0.108. The van der Waals surface area contributed by atoms with Crippen LogP contribution in [0.1, 0.15) is 0 Å². The Morgan fingerprint density at radius 1 is 1.58 bits per heavy atom. The van der Waals surface area contributed by atoms with Crippen LogP contribution in [0.3, 0.4) is 0 Å². The van der Waals surface area contributed by atoms with Gasteiger partial charge in [-0.25, -0.2) is 0 Å². The largest absolute Gasteiger partial charge is 0.377 e. The number of nitrogens with one attached hydrogen (secondary N) is 2. The maximum atomic E-state index is 5.23. The normalized spacial score (nSPS) is 28.5. The van der Waals surface area contributed by atoms with E-state index in [2.05, 4.69) is 10.6 Å². The zero-order valence-electron chi connectivity index (χ0n) is 7.29. The molecule has 2 N–H and O–H groups in total. The van der Waals surface area contributed by atoms with Crippen LogP contribution >= 0.6 is 12.2 Å².